The molecule has 2 N–H and O–H groups in total. The average molecular weight is 283 g/mol. The number of rotatable bonds is 4. The molecule has 1 aliphatic heterocycles. The molecule has 2 aromatic rings. The quantitative estimate of drug-likeness (QED) is 0.668. The molecule has 0 radical (unpaired) electrons. The first-order chi connectivity index (χ1) is 10.1. The van der Waals surface area contributed by atoms with Crippen molar-refractivity contribution in [3.8, 4) is 0 Å². The monoisotopic (exact) mass is 283 g/mol. The molecule has 108 valence electrons. The van der Waals surface area contributed by atoms with Crippen LogP contribution in [0.4, 0.5) is 11.4 Å². The summed E-state index contributed by atoms with van der Waals surface area (Å²) in [7, 11) is 0. The fourth-order valence-corrected chi connectivity index (χ4v) is 2.63. The maximum atomic E-state index is 10.8. The Labute approximate surface area is 123 Å². The minimum absolute atomic E-state index is 0.157. The third-order valence-corrected chi connectivity index (χ3v) is 3.79. The molecule has 0 aliphatic carbocycles. The highest BCUT2D eigenvalue weighted by molar-refractivity contribution is 5.53. The van der Waals surface area contributed by atoms with Crippen LogP contribution < -0.4 is 10.6 Å². The van der Waals surface area contributed by atoms with Crippen LogP contribution in [0.1, 0.15) is 22.3 Å². The normalized spacial score (nSPS) is 13.0. The van der Waals surface area contributed by atoms with E-state index in [-0.39, 0.29) is 10.6 Å². The predicted octanol–water partition coefficient (Wildman–Crippen LogP) is 3.12. The van der Waals surface area contributed by atoms with Crippen LogP contribution in [0.25, 0.3) is 0 Å². The number of nitrogens with one attached hydrogen (secondary N) is 2. The average Bonchev–Trinajstić information content (AvgIpc) is 2.92. The molecule has 2 aromatic carbocycles. The van der Waals surface area contributed by atoms with E-state index in [1.165, 1.54) is 16.7 Å². The highest BCUT2D eigenvalue weighted by Gasteiger charge is 2.11. The van der Waals surface area contributed by atoms with Crippen LogP contribution in [0.3, 0.4) is 0 Å². The standard InChI is InChI=1S/C16H17N3O2/c1-11-6-15(4-5-16(11)19(20)21)18-8-12-2-3-13-9-17-10-14(13)7-12/h2-7,17-18H,8-10H2,1H3. The van der Waals surface area contributed by atoms with Gasteiger partial charge < -0.3 is 10.6 Å². The molecule has 5 heteroatoms. The van der Waals surface area contributed by atoms with Gasteiger partial charge in [0.1, 0.15) is 0 Å². The smallest absolute Gasteiger partial charge is 0.272 e. The number of benzene rings is 2. The van der Waals surface area contributed by atoms with Gasteiger partial charge in [-0.3, -0.25) is 10.1 Å². The van der Waals surface area contributed by atoms with Crippen LogP contribution in [0.5, 0.6) is 0 Å². The van der Waals surface area contributed by atoms with Gasteiger partial charge in [-0.2, -0.15) is 0 Å². The van der Waals surface area contributed by atoms with Crippen LogP contribution >= 0.6 is 0 Å². The van der Waals surface area contributed by atoms with Gasteiger partial charge in [-0.15, -0.1) is 0 Å². The number of hydrogen-bond donors (Lipinski definition) is 2. The number of aryl methyl sites for hydroxylation is 1. The van der Waals surface area contributed by atoms with Gasteiger partial charge in [0.25, 0.3) is 5.69 Å². The van der Waals surface area contributed by atoms with Crippen LogP contribution in [-0.4, -0.2) is 4.92 Å². The number of anilines is 1. The Balaban J connectivity index is 1.70. The zero-order valence-corrected chi connectivity index (χ0v) is 11.8. The SMILES string of the molecule is Cc1cc(NCc2ccc3c(c2)CNC3)ccc1[N+](=O)[O-]. The lowest BCUT2D eigenvalue weighted by Crippen LogP contribution is -2.01. The molecule has 0 spiro atoms. The molecule has 1 aliphatic rings. The number of nitro benzene ring substituents is 1. The van der Waals surface area contributed by atoms with E-state index in [0.717, 1.165) is 18.8 Å². The third-order valence-electron chi connectivity index (χ3n) is 3.79. The van der Waals surface area contributed by atoms with Gasteiger partial charge >= 0.3 is 0 Å². The summed E-state index contributed by atoms with van der Waals surface area (Å²) in [5.74, 6) is 0. The van der Waals surface area contributed by atoms with Gasteiger partial charge in [0, 0.05) is 37.0 Å². The van der Waals surface area contributed by atoms with Crippen molar-refractivity contribution in [1.82, 2.24) is 5.32 Å². The molecule has 0 saturated heterocycles. The lowest BCUT2D eigenvalue weighted by atomic mass is 10.1. The molecular weight excluding hydrogens is 266 g/mol. The van der Waals surface area contributed by atoms with E-state index in [1.54, 1.807) is 19.1 Å². The summed E-state index contributed by atoms with van der Waals surface area (Å²) in [6, 6.07) is 11.6. The summed E-state index contributed by atoms with van der Waals surface area (Å²) in [5, 5.41) is 17.4. The van der Waals surface area contributed by atoms with E-state index in [9.17, 15) is 10.1 Å². The van der Waals surface area contributed by atoms with Gasteiger partial charge in [-0.1, -0.05) is 18.2 Å². The summed E-state index contributed by atoms with van der Waals surface area (Å²) >= 11 is 0. The Hall–Kier alpha value is -2.40. The molecule has 0 amide bonds. The van der Waals surface area contributed by atoms with E-state index in [1.807, 2.05) is 6.07 Å². The Bertz CT molecular complexity index is 698. The first-order valence-electron chi connectivity index (χ1n) is 6.94. The molecule has 0 fully saturated rings. The van der Waals surface area contributed by atoms with Crippen LogP contribution in [0.15, 0.2) is 36.4 Å². The molecule has 5 nitrogen and oxygen atoms in total. The van der Waals surface area contributed by atoms with E-state index < -0.39 is 0 Å². The number of nitrogens with zero attached hydrogens (tertiary/aromatic N) is 1. The molecular formula is C16H17N3O2. The Kier molecular flexibility index (Phi) is 3.58. The Morgan fingerprint density at radius 2 is 2.00 bits per heavy atom. The fraction of sp³-hybridized carbons (Fsp3) is 0.250. The van der Waals surface area contributed by atoms with Crippen molar-refractivity contribution in [2.45, 2.75) is 26.6 Å². The first-order valence-corrected chi connectivity index (χ1v) is 6.94. The summed E-state index contributed by atoms with van der Waals surface area (Å²) < 4.78 is 0. The largest absolute Gasteiger partial charge is 0.381 e. The molecule has 3 rings (SSSR count). The molecule has 0 aromatic heterocycles. The summed E-state index contributed by atoms with van der Waals surface area (Å²) in [6.07, 6.45) is 0. The summed E-state index contributed by atoms with van der Waals surface area (Å²) in [5.41, 5.74) is 5.66. The van der Waals surface area contributed by atoms with E-state index in [0.29, 0.717) is 12.1 Å². The van der Waals surface area contributed by atoms with Crippen molar-refractivity contribution >= 4 is 11.4 Å². The Morgan fingerprint density at radius 1 is 1.19 bits per heavy atom. The zero-order valence-electron chi connectivity index (χ0n) is 11.8. The molecule has 0 atom stereocenters. The number of fused-ring (bicyclic) bond motifs is 1. The molecule has 0 saturated carbocycles. The highest BCUT2D eigenvalue weighted by Crippen LogP contribution is 2.22. The van der Waals surface area contributed by atoms with E-state index >= 15 is 0 Å². The molecule has 0 bridgehead atoms. The maximum absolute atomic E-state index is 10.8. The van der Waals surface area contributed by atoms with E-state index in [2.05, 4.69) is 28.8 Å². The lowest BCUT2D eigenvalue weighted by Gasteiger charge is -2.09. The van der Waals surface area contributed by atoms with Gasteiger partial charge in [0.15, 0.2) is 0 Å². The topological polar surface area (TPSA) is 67.2 Å². The third kappa shape index (κ3) is 2.87. The van der Waals surface area contributed by atoms with Gasteiger partial charge in [-0.25, -0.2) is 0 Å². The van der Waals surface area contributed by atoms with Crippen molar-refractivity contribution < 1.29 is 4.92 Å². The van der Waals surface area contributed by atoms with Crippen molar-refractivity contribution in [3.05, 3.63) is 68.8 Å². The molecule has 21 heavy (non-hydrogen) atoms. The second kappa shape index (κ2) is 5.54. The van der Waals surface area contributed by atoms with Crippen LogP contribution in [-0.2, 0) is 19.6 Å². The van der Waals surface area contributed by atoms with Gasteiger partial charge in [0.2, 0.25) is 0 Å². The number of hydrogen-bond acceptors (Lipinski definition) is 4. The minimum Gasteiger partial charge on any atom is -0.381 e. The van der Waals surface area contributed by atoms with E-state index in [4.69, 9.17) is 0 Å². The van der Waals surface area contributed by atoms with Gasteiger partial charge in [0.05, 0.1) is 4.92 Å². The highest BCUT2D eigenvalue weighted by atomic mass is 16.6. The number of nitro groups is 1. The van der Waals surface area contributed by atoms with Crippen LogP contribution in [0, 0.1) is 17.0 Å². The zero-order chi connectivity index (χ0) is 14.8. The van der Waals surface area contributed by atoms with Crippen molar-refractivity contribution in [1.29, 1.82) is 0 Å². The Morgan fingerprint density at radius 3 is 2.76 bits per heavy atom. The second-order valence-corrected chi connectivity index (χ2v) is 5.32. The van der Waals surface area contributed by atoms with Crippen molar-refractivity contribution in [2.75, 3.05) is 5.32 Å². The second-order valence-electron chi connectivity index (χ2n) is 5.32. The van der Waals surface area contributed by atoms with Gasteiger partial charge in [-0.05, 0) is 35.7 Å². The maximum Gasteiger partial charge on any atom is 0.272 e. The predicted molar refractivity (Wildman–Crippen MR) is 82.1 cm³/mol. The molecule has 1 heterocycles. The summed E-state index contributed by atoms with van der Waals surface area (Å²) in [4.78, 5) is 10.4. The van der Waals surface area contributed by atoms with Crippen LogP contribution in [0.2, 0.25) is 0 Å². The lowest BCUT2D eigenvalue weighted by molar-refractivity contribution is -0.385. The molecule has 0 unspecified atom stereocenters. The fourth-order valence-electron chi connectivity index (χ4n) is 2.63. The summed E-state index contributed by atoms with van der Waals surface area (Å²) in [6.45, 7) is 4.35. The van der Waals surface area contributed by atoms with Crippen molar-refractivity contribution in [2.24, 2.45) is 0 Å². The first kappa shape index (κ1) is 13.6. The van der Waals surface area contributed by atoms with Crippen molar-refractivity contribution in [3.63, 3.8) is 0 Å². The minimum atomic E-state index is -0.355.